The predicted molar refractivity (Wildman–Crippen MR) is 140 cm³/mol. The van der Waals surface area contributed by atoms with Gasteiger partial charge in [-0.1, -0.05) is 12.1 Å². The van der Waals surface area contributed by atoms with Crippen LogP contribution in [-0.4, -0.2) is 39.3 Å². The van der Waals surface area contributed by atoms with Crippen molar-refractivity contribution in [1.29, 1.82) is 0 Å². The Labute approximate surface area is 211 Å². The minimum Gasteiger partial charge on any atom is -0.497 e. The summed E-state index contributed by atoms with van der Waals surface area (Å²) >= 11 is 0. The molecule has 0 fully saturated rings. The number of benzene rings is 2. The zero-order valence-electron chi connectivity index (χ0n) is 21.2. The van der Waals surface area contributed by atoms with Crippen LogP contribution in [0.25, 0.3) is 17.2 Å². The van der Waals surface area contributed by atoms with E-state index in [0.29, 0.717) is 23.8 Å². The maximum absolute atomic E-state index is 12.9. The van der Waals surface area contributed by atoms with Crippen LogP contribution in [0.3, 0.4) is 0 Å². The minimum atomic E-state index is -0.0593. The molecule has 7 nitrogen and oxygen atoms in total. The highest BCUT2D eigenvalue weighted by molar-refractivity contribution is 6.08. The maximum Gasteiger partial charge on any atom is 0.224 e. The van der Waals surface area contributed by atoms with Crippen LogP contribution in [0.5, 0.6) is 23.0 Å². The molecule has 1 N–H and O–H groups in total. The number of hydrogen-bond acceptors (Lipinski definition) is 6. The molecule has 0 saturated carbocycles. The van der Waals surface area contributed by atoms with E-state index < -0.39 is 0 Å². The molecule has 0 spiro atoms. The first-order valence-electron chi connectivity index (χ1n) is 11.5. The van der Waals surface area contributed by atoms with Gasteiger partial charge in [-0.05, 0) is 82.3 Å². The fourth-order valence-electron chi connectivity index (χ4n) is 4.39. The number of fused-ring (bicyclic) bond motifs is 1. The van der Waals surface area contributed by atoms with Crippen molar-refractivity contribution >= 4 is 23.1 Å². The Morgan fingerprint density at radius 3 is 2.31 bits per heavy atom. The third kappa shape index (κ3) is 5.05. The summed E-state index contributed by atoms with van der Waals surface area (Å²) < 4.78 is 22.0. The first kappa shape index (κ1) is 24.9. The van der Waals surface area contributed by atoms with Gasteiger partial charge in [0.15, 0.2) is 11.5 Å². The molecule has 0 bridgehead atoms. The molecule has 186 valence electrons. The van der Waals surface area contributed by atoms with Gasteiger partial charge in [0.25, 0.3) is 0 Å². The number of allylic oxidation sites excluding steroid dienone is 2. The number of carbonyl (C=O) groups excluding carboxylic acids is 1. The van der Waals surface area contributed by atoms with E-state index >= 15 is 0 Å². The molecule has 0 atom stereocenters. The summed E-state index contributed by atoms with van der Waals surface area (Å²) in [5.74, 6) is 2.37. The summed E-state index contributed by atoms with van der Waals surface area (Å²) in [5.41, 5.74) is 6.89. The topological polar surface area (TPSA) is 78.9 Å². The van der Waals surface area contributed by atoms with Gasteiger partial charge in [0, 0.05) is 18.9 Å². The molecule has 1 heterocycles. The molecule has 1 aromatic heterocycles. The van der Waals surface area contributed by atoms with Crippen molar-refractivity contribution < 1.29 is 23.7 Å². The Hall–Kier alpha value is -4.26. The Kier molecular flexibility index (Phi) is 7.59. The highest BCUT2D eigenvalue weighted by Gasteiger charge is 2.26. The molecule has 1 aliphatic carbocycles. The third-order valence-electron chi connectivity index (χ3n) is 6.25. The van der Waals surface area contributed by atoms with Crippen LogP contribution < -0.4 is 24.3 Å². The lowest BCUT2D eigenvalue weighted by Crippen LogP contribution is -2.22. The van der Waals surface area contributed by atoms with E-state index in [-0.39, 0.29) is 12.3 Å². The van der Waals surface area contributed by atoms with Crippen molar-refractivity contribution in [3.63, 3.8) is 0 Å². The van der Waals surface area contributed by atoms with Crippen LogP contribution in [0.2, 0.25) is 0 Å². The summed E-state index contributed by atoms with van der Waals surface area (Å²) in [5, 5.41) is 3.00. The predicted octanol–water partition coefficient (Wildman–Crippen LogP) is 5.15. The van der Waals surface area contributed by atoms with E-state index in [1.807, 2.05) is 49.4 Å². The normalized spacial score (nSPS) is 13.4. The Morgan fingerprint density at radius 1 is 0.944 bits per heavy atom. The lowest BCUT2D eigenvalue weighted by molar-refractivity contribution is -0.120. The van der Waals surface area contributed by atoms with E-state index in [1.165, 1.54) is 0 Å². The molecule has 7 heteroatoms. The van der Waals surface area contributed by atoms with Gasteiger partial charge in [0.2, 0.25) is 11.7 Å². The molecule has 0 aliphatic heterocycles. The average molecular weight is 487 g/mol. The number of nitrogens with one attached hydrogen (secondary N) is 1. The van der Waals surface area contributed by atoms with Crippen molar-refractivity contribution in [2.75, 3.05) is 28.4 Å². The van der Waals surface area contributed by atoms with E-state index in [2.05, 4.69) is 16.4 Å². The van der Waals surface area contributed by atoms with Gasteiger partial charge in [0.05, 0.1) is 34.9 Å². The largest absolute Gasteiger partial charge is 0.497 e. The molecular weight excluding hydrogens is 456 g/mol. The SMILES string of the molecule is COc1ccc2c(c1)C(CC(=O)NCc1cccnc1)=C(C)/C2=C/c1cc(OC)c(OC)c(OC)c1. The minimum absolute atomic E-state index is 0.0593. The molecule has 2 aromatic carbocycles. The molecule has 4 rings (SSSR count). The van der Waals surface area contributed by atoms with Crippen molar-refractivity contribution in [3.8, 4) is 23.0 Å². The smallest absolute Gasteiger partial charge is 0.224 e. The fraction of sp³-hybridized carbons (Fsp3) is 0.241. The molecule has 36 heavy (non-hydrogen) atoms. The van der Waals surface area contributed by atoms with E-state index in [1.54, 1.807) is 40.8 Å². The lowest BCUT2D eigenvalue weighted by Gasteiger charge is -2.13. The van der Waals surface area contributed by atoms with Crippen LogP contribution in [0.1, 0.15) is 35.6 Å². The van der Waals surface area contributed by atoms with Gasteiger partial charge < -0.3 is 24.3 Å². The number of carbonyl (C=O) groups is 1. The lowest BCUT2D eigenvalue weighted by atomic mass is 10.00. The van der Waals surface area contributed by atoms with Crippen LogP contribution in [0.15, 0.2) is 60.4 Å². The van der Waals surface area contributed by atoms with Crippen LogP contribution in [0, 0.1) is 0 Å². The third-order valence-corrected chi connectivity index (χ3v) is 6.25. The maximum atomic E-state index is 12.9. The van der Waals surface area contributed by atoms with E-state index in [4.69, 9.17) is 18.9 Å². The number of pyridine rings is 1. The summed E-state index contributed by atoms with van der Waals surface area (Å²) in [7, 11) is 6.41. The fourth-order valence-corrected chi connectivity index (χ4v) is 4.39. The van der Waals surface area contributed by atoms with Gasteiger partial charge in [-0.15, -0.1) is 0 Å². The number of methoxy groups -OCH3 is 4. The average Bonchev–Trinajstić information content (AvgIpc) is 3.16. The highest BCUT2D eigenvalue weighted by atomic mass is 16.5. The first-order valence-corrected chi connectivity index (χ1v) is 11.5. The van der Waals surface area contributed by atoms with E-state index in [0.717, 1.165) is 44.7 Å². The molecule has 0 saturated heterocycles. The van der Waals surface area contributed by atoms with Gasteiger partial charge >= 0.3 is 0 Å². The van der Waals surface area contributed by atoms with Crippen molar-refractivity contribution in [1.82, 2.24) is 10.3 Å². The second kappa shape index (κ2) is 11.0. The van der Waals surface area contributed by atoms with Gasteiger partial charge in [0.1, 0.15) is 5.75 Å². The number of ether oxygens (including phenoxy) is 4. The highest BCUT2D eigenvalue weighted by Crippen LogP contribution is 2.46. The van der Waals surface area contributed by atoms with Crippen LogP contribution in [-0.2, 0) is 11.3 Å². The van der Waals surface area contributed by atoms with E-state index in [9.17, 15) is 4.79 Å². The second-order valence-corrected chi connectivity index (χ2v) is 8.35. The zero-order valence-corrected chi connectivity index (χ0v) is 21.2. The number of hydrogen-bond donors (Lipinski definition) is 1. The molecule has 3 aromatic rings. The van der Waals surface area contributed by atoms with Crippen molar-refractivity contribution in [3.05, 3.63) is 82.7 Å². The molecule has 0 radical (unpaired) electrons. The first-order chi connectivity index (χ1) is 17.5. The number of nitrogens with zero attached hydrogens (tertiary/aromatic N) is 1. The Balaban J connectivity index is 1.71. The zero-order chi connectivity index (χ0) is 25.7. The number of amides is 1. The van der Waals surface area contributed by atoms with Crippen LogP contribution in [0.4, 0.5) is 0 Å². The van der Waals surface area contributed by atoms with Gasteiger partial charge in [-0.3, -0.25) is 9.78 Å². The van der Waals surface area contributed by atoms with Crippen molar-refractivity contribution in [2.24, 2.45) is 0 Å². The second-order valence-electron chi connectivity index (χ2n) is 8.35. The van der Waals surface area contributed by atoms with Crippen molar-refractivity contribution in [2.45, 2.75) is 19.9 Å². The summed E-state index contributed by atoms with van der Waals surface area (Å²) in [6.45, 7) is 2.47. The van der Waals surface area contributed by atoms with Gasteiger partial charge in [-0.2, -0.15) is 0 Å². The molecule has 1 amide bonds. The number of rotatable bonds is 9. The summed E-state index contributed by atoms with van der Waals surface area (Å²) in [6, 6.07) is 13.5. The number of aromatic nitrogens is 1. The molecule has 0 unspecified atom stereocenters. The van der Waals surface area contributed by atoms with Gasteiger partial charge in [-0.25, -0.2) is 0 Å². The Morgan fingerprint density at radius 2 is 1.69 bits per heavy atom. The Bertz CT molecular complexity index is 1300. The summed E-state index contributed by atoms with van der Waals surface area (Å²) in [6.07, 6.45) is 5.79. The van der Waals surface area contributed by atoms with Crippen LogP contribution >= 0.6 is 0 Å². The molecular formula is C29H30N2O5. The monoisotopic (exact) mass is 486 g/mol. The summed E-state index contributed by atoms with van der Waals surface area (Å²) in [4.78, 5) is 17.0. The standard InChI is InChI=1S/C29H30N2O5/c1-18-23(11-20-12-26(34-3)29(36-5)27(13-20)35-4)22-9-8-21(33-2)14-25(22)24(18)15-28(32)31-17-19-7-6-10-30-16-19/h6-14,16H,15,17H2,1-5H3,(H,31,32)/b23-11-. The molecule has 1 aliphatic rings. The quantitative estimate of drug-likeness (QED) is 0.451.